The van der Waals surface area contributed by atoms with Crippen molar-refractivity contribution < 1.29 is 9.53 Å². The molecule has 18 heavy (non-hydrogen) atoms. The van der Waals surface area contributed by atoms with Gasteiger partial charge in [-0.2, -0.15) is 0 Å². The number of carbonyl (C=O) groups excluding carboxylic acids is 1. The van der Waals surface area contributed by atoms with E-state index < -0.39 is 0 Å². The summed E-state index contributed by atoms with van der Waals surface area (Å²) in [6.07, 6.45) is 3.36. The van der Waals surface area contributed by atoms with E-state index in [1.54, 1.807) is 0 Å². The van der Waals surface area contributed by atoms with Gasteiger partial charge in [0, 0.05) is 19.6 Å². The lowest BCUT2D eigenvalue weighted by Crippen LogP contribution is -2.34. The monoisotopic (exact) mass is 256 g/mol. The molecule has 0 N–H and O–H groups in total. The van der Waals surface area contributed by atoms with E-state index in [0.717, 1.165) is 32.6 Å². The van der Waals surface area contributed by atoms with Crippen LogP contribution in [0, 0.1) is 5.92 Å². The number of amides is 1. The molecule has 0 unspecified atom stereocenters. The average molecular weight is 256 g/mol. The largest absolute Gasteiger partial charge is 0.443 e. The van der Waals surface area contributed by atoms with Crippen LogP contribution in [0.1, 0.15) is 40.0 Å². The standard InChI is InChI=1S/C14H28N2O2/c1-5-6-7-8-16-11-13(18-14(16)17)10-15(4)9-12(2)3/h12-13H,5-11H2,1-4H3/t13-/m1/s1. The van der Waals surface area contributed by atoms with Gasteiger partial charge in [-0.25, -0.2) is 4.79 Å². The fourth-order valence-corrected chi connectivity index (χ4v) is 2.45. The SMILES string of the molecule is CCCCCN1C[C@@H](CN(C)CC(C)C)OC1=O. The van der Waals surface area contributed by atoms with E-state index in [2.05, 4.69) is 32.7 Å². The van der Waals surface area contributed by atoms with Crippen LogP contribution in [0.2, 0.25) is 0 Å². The Kier molecular flexibility index (Phi) is 6.47. The van der Waals surface area contributed by atoms with Crippen molar-refractivity contribution in [2.75, 3.05) is 33.2 Å². The van der Waals surface area contributed by atoms with E-state index in [1.807, 2.05) is 4.90 Å². The normalized spacial score (nSPS) is 20.0. The van der Waals surface area contributed by atoms with Gasteiger partial charge in [0.15, 0.2) is 0 Å². The maximum Gasteiger partial charge on any atom is 0.410 e. The molecule has 0 saturated carbocycles. The summed E-state index contributed by atoms with van der Waals surface area (Å²) in [5.74, 6) is 0.646. The number of likely N-dealkylation sites (N-methyl/N-ethyl adjacent to an activating group) is 1. The number of cyclic esters (lactones) is 1. The molecule has 1 aliphatic rings. The Bertz CT molecular complexity index is 256. The van der Waals surface area contributed by atoms with Crippen LogP contribution in [0.4, 0.5) is 4.79 Å². The molecule has 0 radical (unpaired) electrons. The van der Waals surface area contributed by atoms with Crippen LogP contribution in [-0.2, 0) is 4.74 Å². The average Bonchev–Trinajstić information content (AvgIpc) is 2.58. The number of hydrogen-bond acceptors (Lipinski definition) is 3. The zero-order valence-electron chi connectivity index (χ0n) is 12.3. The number of hydrogen-bond donors (Lipinski definition) is 0. The molecule has 0 aromatic rings. The number of nitrogens with zero attached hydrogens (tertiary/aromatic N) is 2. The van der Waals surface area contributed by atoms with Gasteiger partial charge in [-0.05, 0) is 19.4 Å². The molecule has 0 spiro atoms. The van der Waals surface area contributed by atoms with Crippen molar-refractivity contribution in [3.05, 3.63) is 0 Å². The van der Waals surface area contributed by atoms with Crippen LogP contribution in [0.3, 0.4) is 0 Å². The lowest BCUT2D eigenvalue weighted by atomic mass is 10.2. The van der Waals surface area contributed by atoms with Crippen molar-refractivity contribution in [2.24, 2.45) is 5.92 Å². The number of ether oxygens (including phenoxy) is 1. The molecule has 1 saturated heterocycles. The molecule has 4 nitrogen and oxygen atoms in total. The lowest BCUT2D eigenvalue weighted by molar-refractivity contribution is 0.110. The molecular formula is C14H28N2O2. The summed E-state index contributed by atoms with van der Waals surface area (Å²) >= 11 is 0. The molecule has 1 fully saturated rings. The summed E-state index contributed by atoms with van der Waals surface area (Å²) < 4.78 is 5.40. The summed E-state index contributed by atoms with van der Waals surface area (Å²) in [5.41, 5.74) is 0. The van der Waals surface area contributed by atoms with E-state index in [9.17, 15) is 4.79 Å². The van der Waals surface area contributed by atoms with Gasteiger partial charge in [0.05, 0.1) is 6.54 Å². The van der Waals surface area contributed by atoms with E-state index in [0.29, 0.717) is 5.92 Å². The van der Waals surface area contributed by atoms with Crippen LogP contribution in [0.5, 0.6) is 0 Å². The molecule has 1 amide bonds. The first-order valence-corrected chi connectivity index (χ1v) is 7.17. The molecule has 0 aromatic carbocycles. The molecule has 106 valence electrons. The van der Waals surface area contributed by atoms with Crippen LogP contribution in [-0.4, -0.2) is 55.2 Å². The maximum absolute atomic E-state index is 11.7. The zero-order valence-corrected chi connectivity index (χ0v) is 12.3. The Morgan fingerprint density at radius 1 is 1.44 bits per heavy atom. The van der Waals surface area contributed by atoms with E-state index in [1.165, 1.54) is 12.8 Å². The topological polar surface area (TPSA) is 32.8 Å². The van der Waals surface area contributed by atoms with Crippen LogP contribution in [0.15, 0.2) is 0 Å². The minimum absolute atomic E-state index is 0.0443. The van der Waals surface area contributed by atoms with Crippen molar-refractivity contribution in [1.29, 1.82) is 0 Å². The predicted octanol–water partition coefficient (Wildman–Crippen LogP) is 2.59. The Hall–Kier alpha value is -0.770. The third kappa shape index (κ3) is 5.25. The third-order valence-electron chi connectivity index (χ3n) is 3.17. The Morgan fingerprint density at radius 3 is 2.78 bits per heavy atom. The van der Waals surface area contributed by atoms with Crippen molar-refractivity contribution in [3.63, 3.8) is 0 Å². The predicted molar refractivity (Wildman–Crippen MR) is 73.7 cm³/mol. The van der Waals surface area contributed by atoms with Crippen LogP contribution >= 0.6 is 0 Å². The van der Waals surface area contributed by atoms with Gasteiger partial charge < -0.3 is 14.5 Å². The lowest BCUT2D eigenvalue weighted by Gasteiger charge is -2.21. The van der Waals surface area contributed by atoms with Crippen LogP contribution < -0.4 is 0 Å². The zero-order chi connectivity index (χ0) is 13.5. The highest BCUT2D eigenvalue weighted by molar-refractivity contribution is 5.69. The van der Waals surface area contributed by atoms with Crippen LogP contribution in [0.25, 0.3) is 0 Å². The third-order valence-corrected chi connectivity index (χ3v) is 3.17. The summed E-state index contributed by atoms with van der Waals surface area (Å²) in [5, 5.41) is 0. The summed E-state index contributed by atoms with van der Waals surface area (Å²) in [6, 6.07) is 0. The maximum atomic E-state index is 11.7. The molecule has 0 bridgehead atoms. The molecule has 1 heterocycles. The smallest absolute Gasteiger partial charge is 0.410 e. The second-order valence-corrected chi connectivity index (χ2v) is 5.77. The molecular weight excluding hydrogens is 228 g/mol. The second-order valence-electron chi connectivity index (χ2n) is 5.77. The molecule has 0 aromatic heterocycles. The number of carbonyl (C=O) groups is 1. The summed E-state index contributed by atoms with van der Waals surface area (Å²) in [4.78, 5) is 15.8. The van der Waals surface area contributed by atoms with Gasteiger partial charge in [-0.15, -0.1) is 0 Å². The van der Waals surface area contributed by atoms with Gasteiger partial charge in [-0.3, -0.25) is 0 Å². The Balaban J connectivity index is 2.27. The summed E-state index contributed by atoms with van der Waals surface area (Å²) in [7, 11) is 2.09. The second kappa shape index (κ2) is 7.62. The molecule has 4 heteroatoms. The van der Waals surface area contributed by atoms with Crippen molar-refractivity contribution in [1.82, 2.24) is 9.80 Å². The van der Waals surface area contributed by atoms with Crippen molar-refractivity contribution >= 4 is 6.09 Å². The van der Waals surface area contributed by atoms with Gasteiger partial charge >= 0.3 is 6.09 Å². The van der Waals surface area contributed by atoms with Crippen molar-refractivity contribution in [2.45, 2.75) is 46.1 Å². The molecule has 0 aliphatic carbocycles. The highest BCUT2D eigenvalue weighted by atomic mass is 16.6. The summed E-state index contributed by atoms with van der Waals surface area (Å²) in [6.45, 7) is 10.1. The van der Waals surface area contributed by atoms with Gasteiger partial charge in [0.1, 0.15) is 6.10 Å². The van der Waals surface area contributed by atoms with Gasteiger partial charge in [0.2, 0.25) is 0 Å². The first kappa shape index (κ1) is 15.3. The quantitative estimate of drug-likeness (QED) is 0.626. The van der Waals surface area contributed by atoms with Gasteiger partial charge in [-0.1, -0.05) is 33.6 Å². The Labute approximate surface area is 111 Å². The highest BCUT2D eigenvalue weighted by Crippen LogP contribution is 2.13. The molecule has 1 atom stereocenters. The molecule has 1 aliphatic heterocycles. The first-order valence-electron chi connectivity index (χ1n) is 7.17. The van der Waals surface area contributed by atoms with Gasteiger partial charge in [0.25, 0.3) is 0 Å². The fourth-order valence-electron chi connectivity index (χ4n) is 2.45. The minimum Gasteiger partial charge on any atom is -0.443 e. The molecule has 1 rings (SSSR count). The number of rotatable bonds is 8. The first-order chi connectivity index (χ1) is 8.52. The van der Waals surface area contributed by atoms with Crippen molar-refractivity contribution in [3.8, 4) is 0 Å². The fraction of sp³-hybridized carbons (Fsp3) is 0.929. The van der Waals surface area contributed by atoms with E-state index >= 15 is 0 Å². The number of unbranched alkanes of at least 4 members (excludes halogenated alkanes) is 2. The highest BCUT2D eigenvalue weighted by Gasteiger charge is 2.31. The minimum atomic E-state index is -0.131. The Morgan fingerprint density at radius 2 is 2.17 bits per heavy atom. The van der Waals surface area contributed by atoms with E-state index in [4.69, 9.17) is 4.74 Å². The van der Waals surface area contributed by atoms with E-state index in [-0.39, 0.29) is 12.2 Å².